The van der Waals surface area contributed by atoms with Crippen molar-refractivity contribution in [2.45, 2.75) is 47.0 Å². The van der Waals surface area contributed by atoms with Gasteiger partial charge in [-0.1, -0.05) is 50.6 Å². The van der Waals surface area contributed by atoms with E-state index in [1.54, 1.807) is 0 Å². The fourth-order valence-corrected chi connectivity index (χ4v) is 3.36. The molecule has 3 rings (SSSR count). The number of aryl methyl sites for hydroxylation is 3. The van der Waals surface area contributed by atoms with E-state index in [9.17, 15) is 0 Å². The molecule has 0 amide bonds. The Morgan fingerprint density at radius 1 is 0.833 bits per heavy atom. The van der Waals surface area contributed by atoms with Crippen LogP contribution in [0.2, 0.25) is 0 Å². The summed E-state index contributed by atoms with van der Waals surface area (Å²) >= 11 is 0. The van der Waals surface area contributed by atoms with Gasteiger partial charge in [-0.25, -0.2) is 0 Å². The Balaban J connectivity index is 2.39. The summed E-state index contributed by atoms with van der Waals surface area (Å²) in [5.41, 5.74) is 8.10. The van der Waals surface area contributed by atoms with Crippen LogP contribution in [0.5, 0.6) is 0 Å². The van der Waals surface area contributed by atoms with Crippen LogP contribution in [0.15, 0.2) is 42.5 Å². The van der Waals surface area contributed by atoms with Crippen molar-refractivity contribution < 1.29 is 4.57 Å². The van der Waals surface area contributed by atoms with Crippen molar-refractivity contribution in [3.8, 4) is 11.3 Å². The summed E-state index contributed by atoms with van der Waals surface area (Å²) in [6, 6.07) is 16.0. The second-order valence-corrected chi connectivity index (χ2v) is 8.06. The molecule has 0 spiro atoms. The molecule has 0 saturated heterocycles. The Kier molecular flexibility index (Phi) is 3.99. The van der Waals surface area contributed by atoms with Gasteiger partial charge in [0.1, 0.15) is 7.05 Å². The fourth-order valence-electron chi connectivity index (χ4n) is 3.36. The largest absolute Gasteiger partial charge is 0.220 e. The number of hydrogen-bond donors (Lipinski definition) is 0. The Morgan fingerprint density at radius 2 is 1.54 bits per heavy atom. The fraction of sp³-hybridized carbons (Fsp3) is 0.348. The minimum Gasteiger partial charge on any atom is -0.198 e. The predicted molar refractivity (Wildman–Crippen MR) is 103 cm³/mol. The highest BCUT2D eigenvalue weighted by Crippen LogP contribution is 2.32. The lowest BCUT2D eigenvalue weighted by molar-refractivity contribution is -0.665. The first-order chi connectivity index (χ1) is 11.2. The molecule has 0 atom stereocenters. The lowest BCUT2D eigenvalue weighted by Gasteiger charge is -2.20. The van der Waals surface area contributed by atoms with E-state index >= 15 is 0 Å². The van der Waals surface area contributed by atoms with E-state index in [2.05, 4.69) is 95.6 Å². The molecule has 0 unspecified atom stereocenters. The van der Waals surface area contributed by atoms with Gasteiger partial charge in [-0.2, -0.15) is 4.57 Å². The summed E-state index contributed by atoms with van der Waals surface area (Å²) in [5, 5.41) is 2.65. The Hall–Kier alpha value is -2.15. The minimum absolute atomic E-state index is 0.166. The second-order valence-electron chi connectivity index (χ2n) is 8.06. The molecule has 0 aliphatic heterocycles. The molecule has 0 aliphatic carbocycles. The van der Waals surface area contributed by atoms with Crippen molar-refractivity contribution in [1.82, 2.24) is 0 Å². The molecule has 124 valence electrons. The van der Waals surface area contributed by atoms with Crippen molar-refractivity contribution in [2.24, 2.45) is 7.05 Å². The van der Waals surface area contributed by atoms with E-state index in [1.807, 2.05) is 0 Å². The van der Waals surface area contributed by atoms with E-state index in [0.29, 0.717) is 0 Å². The maximum absolute atomic E-state index is 2.36. The van der Waals surface area contributed by atoms with Gasteiger partial charge < -0.3 is 0 Å². The number of fused-ring (bicyclic) bond motifs is 1. The van der Waals surface area contributed by atoms with Crippen molar-refractivity contribution in [2.75, 3.05) is 0 Å². The van der Waals surface area contributed by atoms with Gasteiger partial charge in [-0.15, -0.1) is 0 Å². The van der Waals surface area contributed by atoms with Gasteiger partial charge in [0.25, 0.3) is 0 Å². The van der Waals surface area contributed by atoms with E-state index < -0.39 is 0 Å². The predicted octanol–water partition coefficient (Wildman–Crippen LogP) is 5.55. The molecule has 1 nitrogen and oxygen atoms in total. The zero-order chi connectivity index (χ0) is 17.6. The van der Waals surface area contributed by atoms with Crippen molar-refractivity contribution in [3.05, 3.63) is 64.8 Å². The van der Waals surface area contributed by atoms with Gasteiger partial charge in [0, 0.05) is 18.6 Å². The highest BCUT2D eigenvalue weighted by Gasteiger charge is 2.21. The molecular weight excluding hydrogens is 290 g/mol. The summed E-state index contributed by atoms with van der Waals surface area (Å²) < 4.78 is 2.32. The molecule has 0 aliphatic rings. The zero-order valence-electron chi connectivity index (χ0n) is 16.0. The topological polar surface area (TPSA) is 3.88 Å². The van der Waals surface area contributed by atoms with Gasteiger partial charge in [0.15, 0.2) is 5.69 Å². The molecule has 0 saturated carbocycles. The van der Waals surface area contributed by atoms with Crippen molar-refractivity contribution in [3.63, 3.8) is 0 Å². The lowest BCUT2D eigenvalue weighted by Crippen LogP contribution is -2.35. The average Bonchev–Trinajstić information content (AvgIpc) is 2.50. The number of pyridine rings is 1. The molecule has 24 heavy (non-hydrogen) atoms. The normalized spacial score (nSPS) is 12.0. The number of hydrogen-bond acceptors (Lipinski definition) is 0. The van der Waals surface area contributed by atoms with Crippen LogP contribution in [0.4, 0.5) is 0 Å². The number of aromatic nitrogens is 1. The SMILES string of the molecule is Cc1ccc(C)c(-c2c3ccc(C(C)(C)C)cc3cc(C)[n+]2C)c1. The molecular formula is C23H28N+. The Morgan fingerprint density at radius 3 is 2.21 bits per heavy atom. The third kappa shape index (κ3) is 2.84. The Bertz CT molecular complexity index is 927. The lowest BCUT2D eigenvalue weighted by atomic mass is 9.85. The van der Waals surface area contributed by atoms with Gasteiger partial charge in [-0.3, -0.25) is 0 Å². The molecule has 1 heterocycles. The molecule has 0 radical (unpaired) electrons. The molecule has 0 fully saturated rings. The van der Waals surface area contributed by atoms with Crippen LogP contribution in [0, 0.1) is 20.8 Å². The molecule has 0 bridgehead atoms. The van der Waals surface area contributed by atoms with Gasteiger partial charge in [0.2, 0.25) is 5.69 Å². The van der Waals surface area contributed by atoms with Crippen LogP contribution < -0.4 is 4.57 Å². The number of rotatable bonds is 1. The summed E-state index contributed by atoms with van der Waals surface area (Å²) in [4.78, 5) is 0. The monoisotopic (exact) mass is 318 g/mol. The smallest absolute Gasteiger partial charge is 0.198 e. The third-order valence-electron chi connectivity index (χ3n) is 5.05. The van der Waals surface area contributed by atoms with Crippen LogP contribution in [-0.2, 0) is 12.5 Å². The highest BCUT2D eigenvalue weighted by molar-refractivity contribution is 5.94. The zero-order valence-corrected chi connectivity index (χ0v) is 16.0. The molecule has 3 aromatic rings. The maximum atomic E-state index is 2.36. The van der Waals surface area contributed by atoms with E-state index in [4.69, 9.17) is 0 Å². The van der Waals surface area contributed by atoms with Crippen LogP contribution in [0.25, 0.3) is 22.0 Å². The third-order valence-corrected chi connectivity index (χ3v) is 5.05. The van der Waals surface area contributed by atoms with E-state index in [1.165, 1.54) is 44.4 Å². The van der Waals surface area contributed by atoms with E-state index in [0.717, 1.165) is 0 Å². The first-order valence-corrected chi connectivity index (χ1v) is 8.70. The first kappa shape index (κ1) is 16.7. The quantitative estimate of drug-likeness (QED) is 0.518. The summed E-state index contributed by atoms with van der Waals surface area (Å²) in [6.45, 7) is 13.4. The summed E-state index contributed by atoms with van der Waals surface area (Å²) in [6.07, 6.45) is 0. The van der Waals surface area contributed by atoms with Crippen molar-refractivity contribution in [1.29, 1.82) is 0 Å². The van der Waals surface area contributed by atoms with Crippen LogP contribution >= 0.6 is 0 Å². The minimum atomic E-state index is 0.166. The first-order valence-electron chi connectivity index (χ1n) is 8.70. The van der Waals surface area contributed by atoms with Gasteiger partial charge in [-0.05, 0) is 47.9 Å². The molecule has 1 aromatic heterocycles. The number of nitrogens with zero attached hydrogens (tertiary/aromatic N) is 1. The summed E-state index contributed by atoms with van der Waals surface area (Å²) in [5.74, 6) is 0. The van der Waals surface area contributed by atoms with Crippen LogP contribution in [-0.4, -0.2) is 0 Å². The van der Waals surface area contributed by atoms with E-state index in [-0.39, 0.29) is 5.41 Å². The summed E-state index contributed by atoms with van der Waals surface area (Å²) in [7, 11) is 2.17. The average molecular weight is 318 g/mol. The van der Waals surface area contributed by atoms with Crippen molar-refractivity contribution >= 4 is 10.8 Å². The highest BCUT2D eigenvalue weighted by atomic mass is 14.9. The second kappa shape index (κ2) is 5.73. The van der Waals surface area contributed by atoms with Crippen LogP contribution in [0.1, 0.15) is 43.2 Å². The van der Waals surface area contributed by atoms with Gasteiger partial charge in [0.05, 0.1) is 5.39 Å². The maximum Gasteiger partial charge on any atom is 0.220 e. The Labute approximate surface area is 146 Å². The number of benzene rings is 2. The molecule has 1 heteroatoms. The standard InChI is InChI=1S/C23H28N/c1-15-8-9-16(2)21(12-15)22-20-11-10-19(23(4,5)6)14-18(20)13-17(3)24(22)7/h8-14H,1-7H3/q+1. The van der Waals surface area contributed by atoms with Gasteiger partial charge >= 0.3 is 0 Å². The van der Waals surface area contributed by atoms with Crippen LogP contribution in [0.3, 0.4) is 0 Å². The molecule has 0 N–H and O–H groups in total. The molecule has 2 aromatic carbocycles.